The SMILES string of the molecule is CCOC(=O)C(N)Cc1ccccc1OCCN1CCN(C)CC1. The summed E-state index contributed by atoms with van der Waals surface area (Å²) in [4.78, 5) is 16.5. The summed E-state index contributed by atoms with van der Waals surface area (Å²) in [7, 11) is 2.15. The van der Waals surface area contributed by atoms with Crippen LogP contribution in [0, 0.1) is 0 Å². The molecule has 1 saturated heterocycles. The van der Waals surface area contributed by atoms with Crippen molar-refractivity contribution in [3.63, 3.8) is 0 Å². The molecule has 0 bridgehead atoms. The molecule has 2 rings (SSSR count). The Hall–Kier alpha value is -1.63. The molecule has 0 spiro atoms. The van der Waals surface area contributed by atoms with Crippen molar-refractivity contribution in [2.24, 2.45) is 5.73 Å². The van der Waals surface area contributed by atoms with Gasteiger partial charge in [0.05, 0.1) is 6.61 Å². The number of hydrogen-bond acceptors (Lipinski definition) is 6. The predicted molar refractivity (Wildman–Crippen MR) is 94.2 cm³/mol. The van der Waals surface area contributed by atoms with Crippen molar-refractivity contribution in [1.29, 1.82) is 0 Å². The van der Waals surface area contributed by atoms with E-state index in [1.807, 2.05) is 24.3 Å². The summed E-state index contributed by atoms with van der Waals surface area (Å²) in [6.07, 6.45) is 0.420. The first-order valence-electron chi connectivity index (χ1n) is 8.64. The summed E-state index contributed by atoms with van der Waals surface area (Å²) >= 11 is 0. The van der Waals surface area contributed by atoms with E-state index in [2.05, 4.69) is 16.8 Å². The molecule has 0 aliphatic carbocycles. The minimum atomic E-state index is -0.660. The van der Waals surface area contributed by atoms with Gasteiger partial charge in [-0.25, -0.2) is 0 Å². The van der Waals surface area contributed by atoms with Crippen LogP contribution in [0.2, 0.25) is 0 Å². The Morgan fingerprint density at radius 2 is 1.96 bits per heavy atom. The van der Waals surface area contributed by atoms with Crippen LogP contribution in [0.3, 0.4) is 0 Å². The molecular formula is C18H29N3O3. The van der Waals surface area contributed by atoms with Crippen molar-refractivity contribution in [3.8, 4) is 5.75 Å². The monoisotopic (exact) mass is 335 g/mol. The zero-order valence-corrected chi connectivity index (χ0v) is 14.7. The van der Waals surface area contributed by atoms with Gasteiger partial charge in [0, 0.05) is 39.1 Å². The first kappa shape index (κ1) is 18.7. The third-order valence-corrected chi connectivity index (χ3v) is 4.26. The summed E-state index contributed by atoms with van der Waals surface area (Å²) in [5.41, 5.74) is 6.86. The first-order chi connectivity index (χ1) is 11.6. The molecule has 1 aliphatic rings. The van der Waals surface area contributed by atoms with Crippen LogP contribution in [-0.2, 0) is 16.0 Å². The fourth-order valence-corrected chi connectivity index (χ4v) is 2.74. The van der Waals surface area contributed by atoms with Gasteiger partial charge in [-0.2, -0.15) is 0 Å². The fourth-order valence-electron chi connectivity index (χ4n) is 2.74. The van der Waals surface area contributed by atoms with Crippen molar-refractivity contribution in [1.82, 2.24) is 9.80 Å². The molecule has 1 unspecified atom stereocenters. The number of ether oxygens (including phenoxy) is 2. The second-order valence-corrected chi connectivity index (χ2v) is 6.16. The van der Waals surface area contributed by atoms with Gasteiger partial charge in [0.25, 0.3) is 0 Å². The van der Waals surface area contributed by atoms with Crippen LogP contribution in [0.4, 0.5) is 0 Å². The zero-order chi connectivity index (χ0) is 17.4. The molecule has 24 heavy (non-hydrogen) atoms. The molecule has 0 saturated carbocycles. The minimum Gasteiger partial charge on any atom is -0.492 e. The highest BCUT2D eigenvalue weighted by Crippen LogP contribution is 2.19. The Balaban J connectivity index is 1.83. The maximum absolute atomic E-state index is 11.7. The fraction of sp³-hybridized carbons (Fsp3) is 0.611. The lowest BCUT2D eigenvalue weighted by molar-refractivity contribution is -0.144. The van der Waals surface area contributed by atoms with E-state index in [0.717, 1.165) is 44.0 Å². The first-order valence-corrected chi connectivity index (χ1v) is 8.64. The van der Waals surface area contributed by atoms with Crippen LogP contribution in [0.5, 0.6) is 5.75 Å². The molecule has 1 aromatic carbocycles. The Labute approximate surface area is 144 Å². The third-order valence-electron chi connectivity index (χ3n) is 4.26. The number of nitrogens with zero attached hydrogens (tertiary/aromatic N) is 2. The number of carbonyl (C=O) groups is 1. The zero-order valence-electron chi connectivity index (χ0n) is 14.7. The van der Waals surface area contributed by atoms with E-state index in [0.29, 0.717) is 19.6 Å². The predicted octanol–water partition coefficient (Wildman–Crippen LogP) is 0.746. The maximum Gasteiger partial charge on any atom is 0.323 e. The summed E-state index contributed by atoms with van der Waals surface area (Å²) in [5, 5.41) is 0. The number of benzene rings is 1. The van der Waals surface area contributed by atoms with Gasteiger partial charge in [-0.1, -0.05) is 18.2 Å². The Morgan fingerprint density at radius 3 is 2.67 bits per heavy atom. The van der Waals surface area contributed by atoms with Crippen LogP contribution in [0.1, 0.15) is 12.5 Å². The van der Waals surface area contributed by atoms with Gasteiger partial charge in [-0.05, 0) is 25.6 Å². The van der Waals surface area contributed by atoms with Gasteiger partial charge in [0.1, 0.15) is 18.4 Å². The molecule has 1 fully saturated rings. The summed E-state index contributed by atoms with van der Waals surface area (Å²) < 4.78 is 10.9. The minimum absolute atomic E-state index is 0.343. The van der Waals surface area contributed by atoms with Gasteiger partial charge in [-0.15, -0.1) is 0 Å². The average molecular weight is 335 g/mol. The van der Waals surface area contributed by atoms with E-state index in [1.165, 1.54) is 0 Å². The lowest BCUT2D eigenvalue weighted by atomic mass is 10.1. The van der Waals surface area contributed by atoms with Gasteiger partial charge >= 0.3 is 5.97 Å². The number of likely N-dealkylation sites (N-methyl/N-ethyl adjacent to an activating group) is 1. The topological polar surface area (TPSA) is 68.0 Å². The molecule has 0 aromatic heterocycles. The molecule has 0 amide bonds. The standard InChI is InChI=1S/C18H29N3O3/c1-3-23-18(22)16(19)14-15-6-4-5-7-17(15)24-13-12-21-10-8-20(2)9-11-21/h4-7,16H,3,8-14,19H2,1-2H3. The number of para-hydroxylation sites is 1. The quantitative estimate of drug-likeness (QED) is 0.707. The maximum atomic E-state index is 11.7. The molecule has 0 radical (unpaired) electrons. The van der Waals surface area contributed by atoms with E-state index in [1.54, 1.807) is 6.92 Å². The van der Waals surface area contributed by atoms with Crippen molar-refractivity contribution in [2.45, 2.75) is 19.4 Å². The van der Waals surface area contributed by atoms with Gasteiger partial charge in [0.2, 0.25) is 0 Å². The average Bonchev–Trinajstić information content (AvgIpc) is 2.58. The largest absolute Gasteiger partial charge is 0.492 e. The van der Waals surface area contributed by atoms with E-state index >= 15 is 0 Å². The highest BCUT2D eigenvalue weighted by Gasteiger charge is 2.18. The molecule has 6 nitrogen and oxygen atoms in total. The van der Waals surface area contributed by atoms with Crippen LogP contribution >= 0.6 is 0 Å². The third kappa shape index (κ3) is 5.78. The van der Waals surface area contributed by atoms with Crippen molar-refractivity contribution in [3.05, 3.63) is 29.8 Å². The molecule has 6 heteroatoms. The molecule has 1 heterocycles. The number of piperazine rings is 1. The van der Waals surface area contributed by atoms with Crippen LogP contribution in [-0.4, -0.2) is 74.8 Å². The summed E-state index contributed by atoms with van der Waals surface area (Å²) in [5.74, 6) is 0.427. The van der Waals surface area contributed by atoms with E-state index in [9.17, 15) is 4.79 Å². The van der Waals surface area contributed by atoms with E-state index in [4.69, 9.17) is 15.2 Å². The highest BCUT2D eigenvalue weighted by atomic mass is 16.5. The van der Waals surface area contributed by atoms with Crippen molar-refractivity contribution in [2.75, 3.05) is 53.0 Å². The molecule has 1 aliphatic heterocycles. The number of rotatable bonds is 8. The number of carbonyl (C=O) groups excluding carboxylic acids is 1. The number of nitrogens with two attached hydrogens (primary N) is 1. The Bertz CT molecular complexity index is 516. The number of hydrogen-bond donors (Lipinski definition) is 1. The smallest absolute Gasteiger partial charge is 0.323 e. The van der Waals surface area contributed by atoms with Gasteiger partial charge < -0.3 is 20.1 Å². The van der Waals surface area contributed by atoms with Gasteiger partial charge in [-0.3, -0.25) is 9.69 Å². The van der Waals surface area contributed by atoms with E-state index in [-0.39, 0.29) is 5.97 Å². The molecule has 1 atom stereocenters. The molecular weight excluding hydrogens is 306 g/mol. The number of esters is 1. The second kappa shape index (κ2) is 9.61. The Morgan fingerprint density at radius 1 is 1.25 bits per heavy atom. The molecule has 134 valence electrons. The normalized spacial score (nSPS) is 17.5. The van der Waals surface area contributed by atoms with Crippen LogP contribution in [0.15, 0.2) is 24.3 Å². The second-order valence-electron chi connectivity index (χ2n) is 6.16. The molecule has 1 aromatic rings. The lowest BCUT2D eigenvalue weighted by Crippen LogP contribution is -2.45. The molecule has 2 N–H and O–H groups in total. The highest BCUT2D eigenvalue weighted by molar-refractivity contribution is 5.76. The van der Waals surface area contributed by atoms with Crippen LogP contribution < -0.4 is 10.5 Å². The summed E-state index contributed by atoms with van der Waals surface area (Å²) in [6, 6.07) is 7.08. The summed E-state index contributed by atoms with van der Waals surface area (Å²) in [6.45, 7) is 8.03. The van der Waals surface area contributed by atoms with Gasteiger partial charge in [0.15, 0.2) is 0 Å². The Kier molecular flexibility index (Phi) is 7.49. The van der Waals surface area contributed by atoms with E-state index < -0.39 is 6.04 Å². The van der Waals surface area contributed by atoms with Crippen LogP contribution in [0.25, 0.3) is 0 Å². The lowest BCUT2D eigenvalue weighted by Gasteiger charge is -2.32. The van der Waals surface area contributed by atoms with Crippen molar-refractivity contribution >= 4 is 5.97 Å². The van der Waals surface area contributed by atoms with Crippen molar-refractivity contribution < 1.29 is 14.3 Å².